The van der Waals surface area contributed by atoms with Crippen LogP contribution >= 0.6 is 11.3 Å². The lowest BCUT2D eigenvalue weighted by Gasteiger charge is -2.34. The Morgan fingerprint density at radius 1 is 1.17 bits per heavy atom. The van der Waals surface area contributed by atoms with Crippen LogP contribution in [0.2, 0.25) is 0 Å². The standard InChI is InChI=1S/C20H27N3O4S2/c1-13-10-23(11-14(2)27-13)29(25,26)16-8-6-15(7-9-16)18(24)22-19-21-17(12-28-19)20(3,4)5/h6-9,12-14H,10-11H2,1-5H3,(H,21,22,24)/t13-,14+. The third-order valence-electron chi connectivity index (χ3n) is 4.63. The van der Waals surface area contributed by atoms with Crippen LogP contribution in [0.3, 0.4) is 0 Å². The number of thiazole rings is 1. The van der Waals surface area contributed by atoms with Crippen LogP contribution in [0, 0.1) is 0 Å². The number of ether oxygens (including phenoxy) is 1. The van der Waals surface area contributed by atoms with Crippen molar-refractivity contribution in [2.75, 3.05) is 18.4 Å². The lowest BCUT2D eigenvalue weighted by Crippen LogP contribution is -2.48. The van der Waals surface area contributed by atoms with Crippen molar-refractivity contribution >= 4 is 32.4 Å². The van der Waals surface area contributed by atoms with Gasteiger partial charge in [-0.25, -0.2) is 13.4 Å². The number of carbonyl (C=O) groups is 1. The van der Waals surface area contributed by atoms with Crippen molar-refractivity contribution in [3.63, 3.8) is 0 Å². The molecule has 29 heavy (non-hydrogen) atoms. The van der Waals surface area contributed by atoms with Crippen LogP contribution in [0.15, 0.2) is 34.5 Å². The Morgan fingerprint density at radius 2 is 1.76 bits per heavy atom. The number of sulfonamides is 1. The molecule has 2 aromatic rings. The molecule has 1 amide bonds. The summed E-state index contributed by atoms with van der Waals surface area (Å²) in [6, 6.07) is 5.98. The highest BCUT2D eigenvalue weighted by atomic mass is 32.2. The summed E-state index contributed by atoms with van der Waals surface area (Å²) in [5, 5.41) is 5.22. The zero-order chi connectivity index (χ0) is 21.4. The normalized spacial score (nSPS) is 21.1. The molecule has 0 radical (unpaired) electrons. The van der Waals surface area contributed by atoms with Gasteiger partial charge in [-0.15, -0.1) is 11.3 Å². The largest absolute Gasteiger partial charge is 0.373 e. The number of aromatic nitrogens is 1. The van der Waals surface area contributed by atoms with Gasteiger partial charge in [0.25, 0.3) is 5.91 Å². The van der Waals surface area contributed by atoms with E-state index >= 15 is 0 Å². The lowest BCUT2D eigenvalue weighted by atomic mass is 9.93. The summed E-state index contributed by atoms with van der Waals surface area (Å²) in [6.45, 7) is 10.5. The highest BCUT2D eigenvalue weighted by Gasteiger charge is 2.32. The minimum absolute atomic E-state index is 0.0933. The maximum atomic E-state index is 12.9. The molecule has 0 bridgehead atoms. The Hall–Kier alpha value is -1.81. The molecule has 9 heteroatoms. The lowest BCUT2D eigenvalue weighted by molar-refractivity contribution is -0.0440. The van der Waals surface area contributed by atoms with Crippen LogP contribution in [0.5, 0.6) is 0 Å². The van der Waals surface area contributed by atoms with Crippen molar-refractivity contribution < 1.29 is 17.9 Å². The molecular formula is C20H27N3O4S2. The molecule has 1 aliphatic rings. The van der Waals surface area contributed by atoms with Crippen molar-refractivity contribution in [1.82, 2.24) is 9.29 Å². The number of amides is 1. The summed E-state index contributed by atoms with van der Waals surface area (Å²) >= 11 is 1.37. The first-order valence-electron chi connectivity index (χ1n) is 9.50. The average Bonchev–Trinajstić information content (AvgIpc) is 3.10. The molecule has 0 unspecified atom stereocenters. The van der Waals surface area contributed by atoms with E-state index in [4.69, 9.17) is 4.74 Å². The topological polar surface area (TPSA) is 88.6 Å². The Balaban J connectivity index is 1.72. The van der Waals surface area contributed by atoms with E-state index in [1.807, 2.05) is 19.2 Å². The average molecular weight is 438 g/mol. The number of morpholine rings is 1. The Bertz CT molecular complexity index is 968. The van der Waals surface area contributed by atoms with Gasteiger partial charge in [-0.2, -0.15) is 4.31 Å². The summed E-state index contributed by atoms with van der Waals surface area (Å²) in [5.41, 5.74) is 1.19. The van der Waals surface area contributed by atoms with Crippen LogP contribution in [-0.2, 0) is 20.2 Å². The van der Waals surface area contributed by atoms with E-state index in [1.54, 1.807) is 0 Å². The molecule has 0 spiro atoms. The SMILES string of the molecule is C[C@@H]1CN(S(=O)(=O)c2ccc(C(=O)Nc3nc(C(C)(C)C)cs3)cc2)C[C@H](C)O1. The van der Waals surface area contributed by atoms with Crippen molar-refractivity contribution in [3.8, 4) is 0 Å². The third kappa shape index (κ3) is 5.03. The second-order valence-corrected chi connectivity index (χ2v) is 11.1. The summed E-state index contributed by atoms with van der Waals surface area (Å²) < 4.78 is 32.9. The number of anilines is 1. The highest BCUT2D eigenvalue weighted by Crippen LogP contribution is 2.27. The molecule has 3 rings (SSSR count). The minimum Gasteiger partial charge on any atom is -0.373 e. The first kappa shape index (κ1) is 21.9. The van der Waals surface area contributed by atoms with Crippen molar-refractivity contribution in [2.24, 2.45) is 0 Å². The number of hydrogen-bond acceptors (Lipinski definition) is 6. The zero-order valence-electron chi connectivity index (χ0n) is 17.3. The second kappa shape index (κ2) is 8.14. The Labute approximate surface area is 176 Å². The number of nitrogens with zero attached hydrogens (tertiary/aromatic N) is 2. The van der Waals surface area contributed by atoms with E-state index in [0.29, 0.717) is 23.8 Å². The molecule has 7 nitrogen and oxygen atoms in total. The quantitative estimate of drug-likeness (QED) is 0.791. The molecule has 0 saturated carbocycles. The number of nitrogens with one attached hydrogen (secondary N) is 1. The van der Waals surface area contributed by atoms with Crippen LogP contribution in [0.25, 0.3) is 0 Å². The van der Waals surface area contributed by atoms with Crippen molar-refractivity contribution in [2.45, 2.75) is 57.1 Å². The van der Waals surface area contributed by atoms with Crippen LogP contribution in [-0.4, -0.2) is 48.9 Å². The van der Waals surface area contributed by atoms with Gasteiger partial charge in [0.2, 0.25) is 10.0 Å². The maximum Gasteiger partial charge on any atom is 0.257 e. The van der Waals surface area contributed by atoms with Crippen molar-refractivity contribution in [1.29, 1.82) is 0 Å². The van der Waals surface area contributed by atoms with Crippen LogP contribution < -0.4 is 5.32 Å². The minimum atomic E-state index is -3.63. The van der Waals surface area contributed by atoms with Gasteiger partial charge in [-0.3, -0.25) is 10.1 Å². The van der Waals surface area contributed by atoms with Gasteiger partial charge >= 0.3 is 0 Å². The fourth-order valence-corrected chi connectivity index (χ4v) is 5.62. The summed E-state index contributed by atoms with van der Waals surface area (Å²) in [6.07, 6.45) is -0.315. The molecule has 2 atom stereocenters. The molecule has 1 N–H and O–H groups in total. The summed E-state index contributed by atoms with van der Waals surface area (Å²) in [4.78, 5) is 17.1. The smallest absolute Gasteiger partial charge is 0.257 e. The van der Waals surface area contributed by atoms with E-state index in [1.165, 1.54) is 39.9 Å². The monoisotopic (exact) mass is 437 g/mol. The maximum absolute atomic E-state index is 12.9. The first-order chi connectivity index (χ1) is 13.5. The first-order valence-corrected chi connectivity index (χ1v) is 11.8. The van der Waals surface area contributed by atoms with Crippen molar-refractivity contribution in [3.05, 3.63) is 40.9 Å². The zero-order valence-corrected chi connectivity index (χ0v) is 18.9. The van der Waals surface area contributed by atoms with E-state index in [0.717, 1.165) is 5.69 Å². The van der Waals surface area contributed by atoms with Gasteiger partial charge in [-0.05, 0) is 38.1 Å². The Kier molecular flexibility index (Phi) is 6.14. The molecule has 1 aromatic heterocycles. The van der Waals surface area contributed by atoms with Crippen LogP contribution in [0.4, 0.5) is 5.13 Å². The van der Waals surface area contributed by atoms with E-state index < -0.39 is 10.0 Å². The van der Waals surface area contributed by atoms with Gasteiger partial charge in [0.05, 0.1) is 22.8 Å². The van der Waals surface area contributed by atoms with Gasteiger partial charge in [-0.1, -0.05) is 20.8 Å². The molecule has 2 heterocycles. The summed E-state index contributed by atoms with van der Waals surface area (Å²) in [7, 11) is -3.63. The summed E-state index contributed by atoms with van der Waals surface area (Å²) in [5.74, 6) is -0.322. The molecule has 1 aromatic carbocycles. The van der Waals surface area contributed by atoms with Gasteiger partial charge < -0.3 is 4.74 Å². The fourth-order valence-electron chi connectivity index (χ4n) is 3.10. The van der Waals surface area contributed by atoms with Gasteiger partial charge in [0.1, 0.15) is 0 Å². The third-order valence-corrected chi connectivity index (χ3v) is 7.24. The van der Waals surface area contributed by atoms with Gasteiger partial charge in [0, 0.05) is 29.4 Å². The molecule has 1 saturated heterocycles. The molecule has 0 aliphatic carbocycles. The highest BCUT2D eigenvalue weighted by molar-refractivity contribution is 7.89. The molecule has 1 aliphatic heterocycles. The van der Waals surface area contributed by atoms with E-state index in [9.17, 15) is 13.2 Å². The molecule has 1 fully saturated rings. The van der Waals surface area contributed by atoms with Gasteiger partial charge in [0.15, 0.2) is 5.13 Å². The van der Waals surface area contributed by atoms with E-state index in [-0.39, 0.29) is 28.4 Å². The Morgan fingerprint density at radius 3 is 2.28 bits per heavy atom. The van der Waals surface area contributed by atoms with Crippen LogP contribution in [0.1, 0.15) is 50.7 Å². The number of hydrogen-bond donors (Lipinski definition) is 1. The molecular weight excluding hydrogens is 410 g/mol. The molecule has 158 valence electrons. The predicted octanol–water partition coefficient (Wildman–Crippen LogP) is 3.49. The second-order valence-electron chi connectivity index (χ2n) is 8.35. The number of carbonyl (C=O) groups excluding carboxylic acids is 1. The number of benzene rings is 1. The van der Waals surface area contributed by atoms with E-state index in [2.05, 4.69) is 31.1 Å². The predicted molar refractivity (Wildman–Crippen MR) is 114 cm³/mol. The number of rotatable bonds is 4. The fraction of sp³-hybridized carbons (Fsp3) is 0.500.